The fourth-order valence-electron chi connectivity index (χ4n) is 1.83. The summed E-state index contributed by atoms with van der Waals surface area (Å²) in [6.45, 7) is 5.57. The van der Waals surface area contributed by atoms with Crippen LogP contribution < -0.4 is 14.2 Å². The lowest BCUT2D eigenvalue weighted by atomic mass is 9.85. The zero-order valence-corrected chi connectivity index (χ0v) is 11.6. The van der Waals surface area contributed by atoms with Crippen LogP contribution in [-0.2, 0) is 5.41 Å². The molecule has 0 radical (unpaired) electrons. The molecule has 0 aliphatic heterocycles. The van der Waals surface area contributed by atoms with Crippen LogP contribution in [0.2, 0.25) is 0 Å². The number of benzene rings is 1. The molecule has 19 heavy (non-hydrogen) atoms. The van der Waals surface area contributed by atoms with Gasteiger partial charge in [0.15, 0.2) is 23.0 Å². The smallest absolute Gasteiger partial charge is 0.504 e. The minimum absolute atomic E-state index is 0.185. The highest BCUT2D eigenvalue weighted by Crippen LogP contribution is 2.49. The molecule has 0 saturated carbocycles. The number of ether oxygens (including phenoxy) is 3. The van der Waals surface area contributed by atoms with E-state index in [1.54, 1.807) is 0 Å². The van der Waals surface area contributed by atoms with Gasteiger partial charge in [0.1, 0.15) is 0 Å². The highest BCUT2D eigenvalue weighted by molar-refractivity contribution is 5.68. The topological polar surface area (TPSA) is 85.2 Å². The highest BCUT2D eigenvalue weighted by Gasteiger charge is 2.29. The summed E-state index contributed by atoms with van der Waals surface area (Å²) in [5.74, 6) is 0.189. The molecule has 0 heterocycles. The fraction of sp³-hybridized carbons (Fsp3) is 0.462. The summed E-state index contributed by atoms with van der Waals surface area (Å²) in [5, 5.41) is 18.9. The monoisotopic (exact) mass is 270 g/mol. The van der Waals surface area contributed by atoms with E-state index in [4.69, 9.17) is 14.6 Å². The van der Waals surface area contributed by atoms with Crippen LogP contribution in [-0.4, -0.2) is 30.6 Å². The zero-order chi connectivity index (χ0) is 14.8. The molecule has 6 heteroatoms. The van der Waals surface area contributed by atoms with Gasteiger partial charge >= 0.3 is 6.16 Å². The van der Waals surface area contributed by atoms with Gasteiger partial charge in [0.25, 0.3) is 0 Å². The first-order chi connectivity index (χ1) is 8.72. The second-order valence-electron chi connectivity index (χ2n) is 4.95. The summed E-state index contributed by atoms with van der Waals surface area (Å²) in [4.78, 5) is 10.6. The Balaban J connectivity index is 3.60. The van der Waals surface area contributed by atoms with Crippen molar-refractivity contribution in [1.29, 1.82) is 0 Å². The molecule has 106 valence electrons. The Morgan fingerprint density at radius 3 is 2.11 bits per heavy atom. The first-order valence-corrected chi connectivity index (χ1v) is 5.61. The van der Waals surface area contributed by atoms with Crippen molar-refractivity contribution < 1.29 is 29.2 Å². The van der Waals surface area contributed by atoms with Crippen LogP contribution >= 0.6 is 0 Å². The van der Waals surface area contributed by atoms with Crippen LogP contribution in [0.5, 0.6) is 23.0 Å². The van der Waals surface area contributed by atoms with E-state index in [0.29, 0.717) is 17.1 Å². The Labute approximate surface area is 111 Å². The molecule has 0 atom stereocenters. The molecule has 0 fully saturated rings. The average Bonchev–Trinajstić information content (AvgIpc) is 2.28. The van der Waals surface area contributed by atoms with Crippen LogP contribution in [0.4, 0.5) is 4.79 Å². The van der Waals surface area contributed by atoms with Crippen LogP contribution in [0.1, 0.15) is 26.3 Å². The Bertz CT molecular complexity index is 487. The summed E-state index contributed by atoms with van der Waals surface area (Å²) >= 11 is 0. The second-order valence-corrected chi connectivity index (χ2v) is 4.95. The number of aromatic hydroxyl groups is 1. The SMILES string of the molecule is COc1cc(OC(=O)O)c(O)c(C(C)(C)C)c1OC. The molecular weight excluding hydrogens is 252 g/mol. The molecule has 2 N–H and O–H groups in total. The van der Waals surface area contributed by atoms with Crippen LogP contribution in [0.3, 0.4) is 0 Å². The lowest BCUT2D eigenvalue weighted by Gasteiger charge is -2.25. The van der Waals surface area contributed by atoms with E-state index < -0.39 is 11.6 Å². The number of phenolic OH excluding ortho intramolecular Hbond substituents is 1. The first kappa shape index (κ1) is 14.9. The van der Waals surface area contributed by atoms with Crippen molar-refractivity contribution in [3.8, 4) is 23.0 Å². The predicted molar refractivity (Wildman–Crippen MR) is 68.6 cm³/mol. The van der Waals surface area contributed by atoms with Gasteiger partial charge in [-0.1, -0.05) is 20.8 Å². The quantitative estimate of drug-likeness (QED) is 0.649. The maximum absolute atomic E-state index is 10.6. The Morgan fingerprint density at radius 1 is 1.16 bits per heavy atom. The number of rotatable bonds is 3. The van der Waals surface area contributed by atoms with E-state index in [1.807, 2.05) is 20.8 Å². The molecule has 0 amide bonds. The van der Waals surface area contributed by atoms with Gasteiger partial charge in [-0.3, -0.25) is 0 Å². The molecule has 0 spiro atoms. The number of carboxylic acid groups (broad SMARTS) is 1. The summed E-state index contributed by atoms with van der Waals surface area (Å²) in [6.07, 6.45) is -1.51. The van der Waals surface area contributed by atoms with Gasteiger partial charge in [0.05, 0.1) is 14.2 Å². The lowest BCUT2D eigenvalue weighted by Crippen LogP contribution is -2.15. The Kier molecular flexibility index (Phi) is 4.14. The largest absolute Gasteiger partial charge is 0.511 e. The van der Waals surface area contributed by atoms with Crippen molar-refractivity contribution in [3.05, 3.63) is 11.6 Å². The Morgan fingerprint density at radius 2 is 1.74 bits per heavy atom. The van der Waals surface area contributed by atoms with Crippen molar-refractivity contribution in [2.45, 2.75) is 26.2 Å². The van der Waals surface area contributed by atoms with Gasteiger partial charge in [-0.25, -0.2) is 4.79 Å². The normalized spacial score (nSPS) is 11.0. The molecule has 0 aliphatic rings. The van der Waals surface area contributed by atoms with Gasteiger partial charge in [-0.15, -0.1) is 0 Å². The van der Waals surface area contributed by atoms with Crippen molar-refractivity contribution in [2.75, 3.05) is 14.2 Å². The molecule has 0 bridgehead atoms. The number of hydrogen-bond donors (Lipinski definition) is 2. The maximum Gasteiger partial charge on any atom is 0.511 e. The van der Waals surface area contributed by atoms with E-state index in [9.17, 15) is 9.90 Å². The number of carbonyl (C=O) groups is 1. The molecule has 1 rings (SSSR count). The third-order valence-electron chi connectivity index (χ3n) is 2.55. The average molecular weight is 270 g/mol. The summed E-state index contributed by atoms with van der Waals surface area (Å²) < 4.78 is 14.9. The van der Waals surface area contributed by atoms with Crippen molar-refractivity contribution >= 4 is 6.16 Å². The number of methoxy groups -OCH3 is 2. The molecule has 1 aromatic carbocycles. The summed E-state index contributed by atoms with van der Waals surface area (Å²) in [7, 11) is 2.87. The van der Waals surface area contributed by atoms with Gasteiger partial charge in [0.2, 0.25) is 0 Å². The number of hydrogen-bond acceptors (Lipinski definition) is 5. The predicted octanol–water partition coefficient (Wildman–Crippen LogP) is 2.76. The van der Waals surface area contributed by atoms with E-state index in [1.165, 1.54) is 20.3 Å². The van der Waals surface area contributed by atoms with Crippen molar-refractivity contribution in [2.24, 2.45) is 0 Å². The highest BCUT2D eigenvalue weighted by atomic mass is 16.7. The molecule has 0 saturated heterocycles. The minimum Gasteiger partial charge on any atom is -0.504 e. The molecule has 6 nitrogen and oxygen atoms in total. The fourth-order valence-corrected chi connectivity index (χ4v) is 1.83. The minimum atomic E-state index is -1.51. The maximum atomic E-state index is 10.6. The lowest BCUT2D eigenvalue weighted by molar-refractivity contribution is 0.142. The van der Waals surface area contributed by atoms with Gasteiger partial charge in [-0.2, -0.15) is 0 Å². The van der Waals surface area contributed by atoms with Crippen LogP contribution in [0, 0.1) is 0 Å². The summed E-state index contributed by atoms with van der Waals surface area (Å²) in [6, 6.07) is 1.28. The van der Waals surface area contributed by atoms with E-state index in [0.717, 1.165) is 0 Å². The van der Waals surface area contributed by atoms with Crippen LogP contribution in [0.25, 0.3) is 0 Å². The second kappa shape index (κ2) is 5.26. The summed E-state index contributed by atoms with van der Waals surface area (Å²) in [5.41, 5.74) is -0.0637. The van der Waals surface area contributed by atoms with Gasteiger partial charge < -0.3 is 24.4 Å². The van der Waals surface area contributed by atoms with E-state index in [2.05, 4.69) is 4.74 Å². The zero-order valence-electron chi connectivity index (χ0n) is 11.6. The van der Waals surface area contributed by atoms with E-state index in [-0.39, 0.29) is 11.5 Å². The van der Waals surface area contributed by atoms with Gasteiger partial charge in [-0.05, 0) is 5.41 Å². The number of phenols is 1. The van der Waals surface area contributed by atoms with Crippen LogP contribution in [0.15, 0.2) is 6.07 Å². The molecule has 1 aromatic rings. The third-order valence-corrected chi connectivity index (χ3v) is 2.55. The van der Waals surface area contributed by atoms with Crippen molar-refractivity contribution in [1.82, 2.24) is 0 Å². The standard InChI is InChI=1S/C13H18O6/c1-13(2,3)9-10(14)7(19-12(15)16)6-8(17-4)11(9)18-5/h6,14H,1-5H3,(H,15,16). The third kappa shape index (κ3) is 3.01. The molecule has 0 aromatic heterocycles. The van der Waals surface area contributed by atoms with Gasteiger partial charge in [0, 0.05) is 11.6 Å². The first-order valence-electron chi connectivity index (χ1n) is 5.61. The molecular formula is C13H18O6. The molecule has 0 aliphatic carbocycles. The Hall–Kier alpha value is -2.11. The van der Waals surface area contributed by atoms with E-state index >= 15 is 0 Å². The van der Waals surface area contributed by atoms with Crippen molar-refractivity contribution in [3.63, 3.8) is 0 Å². The molecule has 0 unspecified atom stereocenters.